The van der Waals surface area contributed by atoms with Crippen LogP contribution in [0.2, 0.25) is 0 Å². The molecule has 0 bridgehead atoms. The van der Waals surface area contributed by atoms with E-state index in [0.29, 0.717) is 6.54 Å². The first-order chi connectivity index (χ1) is 7.40. The topological polar surface area (TPSA) is 62.8 Å². The Kier molecular flexibility index (Phi) is 2.82. The highest BCUT2D eigenvalue weighted by molar-refractivity contribution is 5.49. The van der Waals surface area contributed by atoms with Gasteiger partial charge in [-0.25, -0.2) is 4.98 Å². The fraction of sp³-hybridized carbons (Fsp3) is 0.200. The molecule has 78 valence electrons. The zero-order valence-electron chi connectivity index (χ0n) is 8.40. The molecule has 0 unspecified atom stereocenters. The number of aromatic amines is 1. The summed E-state index contributed by atoms with van der Waals surface area (Å²) < 4.78 is 5.17. The van der Waals surface area contributed by atoms with E-state index in [1.807, 2.05) is 18.3 Å². The lowest BCUT2D eigenvalue weighted by atomic mass is 10.3. The van der Waals surface area contributed by atoms with Gasteiger partial charge in [0.1, 0.15) is 0 Å². The molecule has 15 heavy (non-hydrogen) atoms. The fourth-order valence-corrected chi connectivity index (χ4v) is 1.25. The summed E-state index contributed by atoms with van der Waals surface area (Å²) in [5.74, 6) is 1.47. The van der Waals surface area contributed by atoms with Crippen LogP contribution in [-0.4, -0.2) is 22.3 Å². The van der Waals surface area contributed by atoms with Crippen molar-refractivity contribution in [2.75, 3.05) is 12.4 Å². The Morgan fingerprint density at radius 3 is 3.20 bits per heavy atom. The third-order valence-corrected chi connectivity index (χ3v) is 2.01. The first-order valence-corrected chi connectivity index (χ1v) is 4.60. The standard InChI is InChI=1S/C10H12N4O/c1-15-9-3-2-4-11-10(9)12-5-8-6-13-14-7-8/h2-4,6-7H,5H2,1H3,(H,11,12)(H,13,14). The Morgan fingerprint density at radius 1 is 1.53 bits per heavy atom. The molecule has 0 saturated carbocycles. The number of methoxy groups -OCH3 is 1. The van der Waals surface area contributed by atoms with E-state index >= 15 is 0 Å². The predicted molar refractivity (Wildman–Crippen MR) is 56.7 cm³/mol. The van der Waals surface area contributed by atoms with Crippen molar-refractivity contribution in [3.8, 4) is 5.75 Å². The number of nitrogens with zero attached hydrogens (tertiary/aromatic N) is 2. The van der Waals surface area contributed by atoms with Crippen LogP contribution in [0.25, 0.3) is 0 Å². The molecular weight excluding hydrogens is 192 g/mol. The number of nitrogens with one attached hydrogen (secondary N) is 2. The van der Waals surface area contributed by atoms with E-state index in [1.165, 1.54) is 0 Å². The molecule has 2 N–H and O–H groups in total. The monoisotopic (exact) mass is 204 g/mol. The first-order valence-electron chi connectivity index (χ1n) is 4.60. The molecule has 2 heterocycles. The molecule has 0 atom stereocenters. The summed E-state index contributed by atoms with van der Waals surface area (Å²) in [6.45, 7) is 0.671. The molecular formula is C10H12N4O. The van der Waals surface area contributed by atoms with Crippen molar-refractivity contribution in [2.45, 2.75) is 6.54 Å². The van der Waals surface area contributed by atoms with Gasteiger partial charge in [0.25, 0.3) is 0 Å². The molecule has 0 aliphatic heterocycles. The van der Waals surface area contributed by atoms with Gasteiger partial charge in [-0.1, -0.05) is 0 Å². The molecule has 0 amide bonds. The van der Waals surface area contributed by atoms with Crippen LogP contribution in [0, 0.1) is 0 Å². The molecule has 5 heteroatoms. The summed E-state index contributed by atoms with van der Waals surface area (Å²) in [7, 11) is 1.63. The summed E-state index contributed by atoms with van der Waals surface area (Å²) in [5, 5.41) is 9.78. The molecule has 0 aliphatic carbocycles. The van der Waals surface area contributed by atoms with Crippen LogP contribution < -0.4 is 10.1 Å². The lowest BCUT2D eigenvalue weighted by molar-refractivity contribution is 0.415. The molecule has 2 aromatic heterocycles. The van der Waals surface area contributed by atoms with Crippen molar-refractivity contribution in [1.82, 2.24) is 15.2 Å². The Labute approximate surface area is 87.5 Å². The third kappa shape index (κ3) is 2.25. The minimum atomic E-state index is 0.671. The summed E-state index contributed by atoms with van der Waals surface area (Å²) in [6, 6.07) is 3.70. The molecule has 0 spiro atoms. The number of rotatable bonds is 4. The Bertz CT molecular complexity index is 413. The lowest BCUT2D eigenvalue weighted by Crippen LogP contribution is -2.02. The van der Waals surface area contributed by atoms with Crippen molar-refractivity contribution < 1.29 is 4.74 Å². The summed E-state index contributed by atoms with van der Waals surface area (Å²) in [4.78, 5) is 4.18. The molecule has 0 saturated heterocycles. The number of ether oxygens (including phenoxy) is 1. The van der Waals surface area contributed by atoms with E-state index in [2.05, 4.69) is 20.5 Å². The summed E-state index contributed by atoms with van der Waals surface area (Å²) >= 11 is 0. The van der Waals surface area contributed by atoms with Crippen LogP contribution in [-0.2, 0) is 6.54 Å². The molecule has 2 rings (SSSR count). The smallest absolute Gasteiger partial charge is 0.169 e. The average Bonchev–Trinajstić information content (AvgIpc) is 2.79. The minimum Gasteiger partial charge on any atom is -0.493 e. The van der Waals surface area contributed by atoms with Gasteiger partial charge in [-0.3, -0.25) is 5.10 Å². The van der Waals surface area contributed by atoms with Crippen LogP contribution in [0.4, 0.5) is 5.82 Å². The number of pyridine rings is 1. The van der Waals surface area contributed by atoms with Crippen molar-refractivity contribution in [3.63, 3.8) is 0 Å². The van der Waals surface area contributed by atoms with Gasteiger partial charge >= 0.3 is 0 Å². The molecule has 0 aliphatic rings. The third-order valence-electron chi connectivity index (χ3n) is 2.01. The van der Waals surface area contributed by atoms with Crippen LogP contribution in [0.15, 0.2) is 30.7 Å². The number of hydrogen-bond donors (Lipinski definition) is 2. The van der Waals surface area contributed by atoms with E-state index in [-0.39, 0.29) is 0 Å². The van der Waals surface area contributed by atoms with Gasteiger partial charge in [-0.2, -0.15) is 5.10 Å². The van der Waals surface area contributed by atoms with Gasteiger partial charge in [0.2, 0.25) is 0 Å². The largest absolute Gasteiger partial charge is 0.493 e. The maximum absolute atomic E-state index is 5.17. The van der Waals surface area contributed by atoms with Crippen molar-refractivity contribution in [1.29, 1.82) is 0 Å². The highest BCUT2D eigenvalue weighted by Crippen LogP contribution is 2.20. The van der Waals surface area contributed by atoms with Crippen LogP contribution in [0.5, 0.6) is 5.75 Å². The highest BCUT2D eigenvalue weighted by atomic mass is 16.5. The van der Waals surface area contributed by atoms with Crippen molar-refractivity contribution >= 4 is 5.82 Å². The molecule has 0 radical (unpaired) electrons. The molecule has 2 aromatic rings. The first kappa shape index (κ1) is 9.51. The van der Waals surface area contributed by atoms with E-state index in [4.69, 9.17) is 4.74 Å². The second-order valence-electron chi connectivity index (χ2n) is 3.01. The van der Waals surface area contributed by atoms with Gasteiger partial charge in [-0.15, -0.1) is 0 Å². The van der Waals surface area contributed by atoms with Gasteiger partial charge < -0.3 is 10.1 Å². The number of hydrogen-bond acceptors (Lipinski definition) is 4. The van der Waals surface area contributed by atoms with E-state index in [1.54, 1.807) is 19.5 Å². The average molecular weight is 204 g/mol. The summed E-state index contributed by atoms with van der Waals surface area (Å²) in [6.07, 6.45) is 5.32. The van der Waals surface area contributed by atoms with Crippen molar-refractivity contribution in [2.24, 2.45) is 0 Å². The second-order valence-corrected chi connectivity index (χ2v) is 3.01. The highest BCUT2D eigenvalue weighted by Gasteiger charge is 2.02. The van der Waals surface area contributed by atoms with E-state index in [0.717, 1.165) is 17.1 Å². The van der Waals surface area contributed by atoms with E-state index in [9.17, 15) is 0 Å². The maximum atomic E-state index is 5.17. The number of H-pyrrole nitrogens is 1. The van der Waals surface area contributed by atoms with Gasteiger partial charge in [0.05, 0.1) is 13.3 Å². The van der Waals surface area contributed by atoms with Gasteiger partial charge in [-0.05, 0) is 12.1 Å². The lowest BCUT2D eigenvalue weighted by Gasteiger charge is -2.08. The van der Waals surface area contributed by atoms with E-state index < -0.39 is 0 Å². The Morgan fingerprint density at radius 2 is 2.47 bits per heavy atom. The molecule has 0 fully saturated rings. The SMILES string of the molecule is COc1cccnc1NCc1cn[nH]c1. The zero-order valence-corrected chi connectivity index (χ0v) is 8.40. The number of aromatic nitrogens is 3. The second kappa shape index (κ2) is 4.45. The van der Waals surface area contributed by atoms with Crippen LogP contribution in [0.3, 0.4) is 0 Å². The van der Waals surface area contributed by atoms with Crippen LogP contribution in [0.1, 0.15) is 5.56 Å². The quantitative estimate of drug-likeness (QED) is 0.790. The van der Waals surface area contributed by atoms with Gasteiger partial charge in [0.15, 0.2) is 11.6 Å². The van der Waals surface area contributed by atoms with Crippen LogP contribution >= 0.6 is 0 Å². The Balaban J connectivity index is 2.04. The molecule has 0 aromatic carbocycles. The predicted octanol–water partition coefficient (Wildman–Crippen LogP) is 1.43. The Hall–Kier alpha value is -2.04. The van der Waals surface area contributed by atoms with Gasteiger partial charge in [0, 0.05) is 24.5 Å². The zero-order chi connectivity index (χ0) is 10.5. The minimum absolute atomic E-state index is 0.671. The number of anilines is 1. The normalized spacial score (nSPS) is 9.93. The summed E-state index contributed by atoms with van der Waals surface area (Å²) in [5.41, 5.74) is 1.07. The fourth-order valence-electron chi connectivity index (χ4n) is 1.25. The molecule has 5 nitrogen and oxygen atoms in total. The maximum Gasteiger partial charge on any atom is 0.169 e. The van der Waals surface area contributed by atoms with Crippen molar-refractivity contribution in [3.05, 3.63) is 36.3 Å².